The standard InChI is InChI=1S/C15H15ClF2O/c16-14(8-9-19-10-15(17)18)13-7-3-5-11-4-1-2-6-12(11)13/h1-7,14-15H,8-10H2. The molecule has 4 heteroatoms. The van der Waals surface area contributed by atoms with E-state index in [9.17, 15) is 8.78 Å². The van der Waals surface area contributed by atoms with Gasteiger partial charge in [0, 0.05) is 6.61 Å². The Morgan fingerprint density at radius 1 is 1.05 bits per heavy atom. The second-order valence-electron chi connectivity index (χ2n) is 4.29. The van der Waals surface area contributed by atoms with Gasteiger partial charge in [0.15, 0.2) is 0 Å². The minimum absolute atomic E-state index is 0.233. The molecule has 0 heterocycles. The van der Waals surface area contributed by atoms with Crippen molar-refractivity contribution in [3.63, 3.8) is 0 Å². The molecule has 2 rings (SSSR count). The van der Waals surface area contributed by atoms with E-state index in [1.54, 1.807) is 0 Å². The van der Waals surface area contributed by atoms with Crippen molar-refractivity contribution < 1.29 is 13.5 Å². The van der Waals surface area contributed by atoms with Crippen LogP contribution in [-0.2, 0) is 4.74 Å². The number of rotatable bonds is 6. The van der Waals surface area contributed by atoms with Crippen LogP contribution < -0.4 is 0 Å². The fourth-order valence-electron chi connectivity index (χ4n) is 2.04. The third-order valence-electron chi connectivity index (χ3n) is 2.92. The summed E-state index contributed by atoms with van der Waals surface area (Å²) in [7, 11) is 0. The van der Waals surface area contributed by atoms with E-state index < -0.39 is 13.0 Å². The number of alkyl halides is 3. The van der Waals surface area contributed by atoms with Gasteiger partial charge in [-0.1, -0.05) is 42.5 Å². The highest BCUT2D eigenvalue weighted by Gasteiger charge is 2.11. The van der Waals surface area contributed by atoms with Crippen LogP contribution in [0.1, 0.15) is 17.4 Å². The van der Waals surface area contributed by atoms with Crippen molar-refractivity contribution in [3.05, 3.63) is 48.0 Å². The van der Waals surface area contributed by atoms with Crippen molar-refractivity contribution in [2.75, 3.05) is 13.2 Å². The van der Waals surface area contributed by atoms with Crippen LogP contribution in [0.2, 0.25) is 0 Å². The monoisotopic (exact) mass is 284 g/mol. The summed E-state index contributed by atoms with van der Waals surface area (Å²) >= 11 is 6.33. The molecule has 0 N–H and O–H groups in total. The van der Waals surface area contributed by atoms with Gasteiger partial charge >= 0.3 is 0 Å². The molecular weight excluding hydrogens is 270 g/mol. The zero-order valence-electron chi connectivity index (χ0n) is 10.4. The zero-order valence-corrected chi connectivity index (χ0v) is 11.1. The van der Waals surface area contributed by atoms with Crippen LogP contribution in [0, 0.1) is 0 Å². The van der Waals surface area contributed by atoms with Crippen molar-refractivity contribution >= 4 is 22.4 Å². The average Bonchev–Trinajstić information content (AvgIpc) is 2.42. The number of benzene rings is 2. The largest absolute Gasteiger partial charge is 0.375 e. The fraction of sp³-hybridized carbons (Fsp3) is 0.333. The Balaban J connectivity index is 2.03. The summed E-state index contributed by atoms with van der Waals surface area (Å²) in [6.07, 6.45) is -1.91. The zero-order chi connectivity index (χ0) is 13.7. The van der Waals surface area contributed by atoms with E-state index in [0.717, 1.165) is 16.3 Å². The highest BCUT2D eigenvalue weighted by atomic mass is 35.5. The van der Waals surface area contributed by atoms with Crippen molar-refractivity contribution in [1.82, 2.24) is 0 Å². The van der Waals surface area contributed by atoms with Gasteiger partial charge in [0.2, 0.25) is 0 Å². The van der Waals surface area contributed by atoms with E-state index >= 15 is 0 Å². The van der Waals surface area contributed by atoms with E-state index in [2.05, 4.69) is 0 Å². The van der Waals surface area contributed by atoms with Crippen LogP contribution in [0.3, 0.4) is 0 Å². The lowest BCUT2D eigenvalue weighted by Crippen LogP contribution is -2.07. The number of hydrogen-bond donors (Lipinski definition) is 0. The predicted octanol–water partition coefficient (Wildman–Crippen LogP) is 4.79. The summed E-state index contributed by atoms with van der Waals surface area (Å²) < 4.78 is 28.7. The van der Waals surface area contributed by atoms with Crippen LogP contribution in [0.15, 0.2) is 42.5 Å². The molecule has 0 saturated heterocycles. The first-order valence-corrected chi connectivity index (χ1v) is 6.59. The fourth-order valence-corrected chi connectivity index (χ4v) is 2.32. The highest BCUT2D eigenvalue weighted by Crippen LogP contribution is 2.30. The van der Waals surface area contributed by atoms with Crippen molar-refractivity contribution in [1.29, 1.82) is 0 Å². The van der Waals surface area contributed by atoms with Gasteiger partial charge in [0.05, 0.1) is 5.38 Å². The Bertz CT molecular complexity index is 525. The Hall–Kier alpha value is -1.19. The maximum absolute atomic E-state index is 11.9. The first kappa shape index (κ1) is 14.2. The average molecular weight is 285 g/mol. The molecule has 0 saturated carbocycles. The van der Waals surface area contributed by atoms with Gasteiger partial charge in [-0.05, 0) is 22.8 Å². The maximum atomic E-state index is 11.9. The molecular formula is C15H15ClF2O. The summed E-state index contributed by atoms with van der Waals surface area (Å²) in [6.45, 7) is -0.291. The third-order valence-corrected chi connectivity index (χ3v) is 3.37. The number of fused-ring (bicyclic) bond motifs is 1. The predicted molar refractivity (Wildman–Crippen MR) is 74.0 cm³/mol. The van der Waals surface area contributed by atoms with Gasteiger partial charge in [-0.15, -0.1) is 11.6 Å². The molecule has 0 fully saturated rings. The molecule has 0 amide bonds. The van der Waals surface area contributed by atoms with Crippen LogP contribution in [0.5, 0.6) is 0 Å². The molecule has 0 aliphatic heterocycles. The SMILES string of the molecule is FC(F)COCCC(Cl)c1cccc2ccccc12. The smallest absolute Gasteiger partial charge is 0.261 e. The molecule has 1 unspecified atom stereocenters. The number of hydrogen-bond acceptors (Lipinski definition) is 1. The molecule has 102 valence electrons. The van der Waals surface area contributed by atoms with Gasteiger partial charge in [0.1, 0.15) is 6.61 Å². The maximum Gasteiger partial charge on any atom is 0.261 e. The molecule has 2 aromatic carbocycles. The molecule has 0 aliphatic rings. The quantitative estimate of drug-likeness (QED) is 0.547. The number of halogens is 3. The van der Waals surface area contributed by atoms with E-state index in [1.165, 1.54) is 0 Å². The second-order valence-corrected chi connectivity index (χ2v) is 4.82. The molecule has 2 aromatic rings. The first-order valence-electron chi connectivity index (χ1n) is 6.16. The van der Waals surface area contributed by atoms with E-state index in [1.807, 2.05) is 42.5 Å². The van der Waals surface area contributed by atoms with Gasteiger partial charge < -0.3 is 4.74 Å². The summed E-state index contributed by atoms with van der Waals surface area (Å²) in [6, 6.07) is 13.9. The Kier molecular flexibility index (Phi) is 5.11. The first-order chi connectivity index (χ1) is 9.18. The van der Waals surface area contributed by atoms with Crippen LogP contribution >= 0.6 is 11.6 Å². The Morgan fingerprint density at radius 2 is 1.79 bits per heavy atom. The lowest BCUT2D eigenvalue weighted by Gasteiger charge is -2.13. The molecule has 19 heavy (non-hydrogen) atoms. The topological polar surface area (TPSA) is 9.23 Å². The van der Waals surface area contributed by atoms with Gasteiger partial charge in [0.25, 0.3) is 6.43 Å². The Morgan fingerprint density at radius 3 is 2.58 bits per heavy atom. The summed E-state index contributed by atoms with van der Waals surface area (Å²) in [5.74, 6) is 0. The highest BCUT2D eigenvalue weighted by molar-refractivity contribution is 6.21. The molecule has 0 radical (unpaired) electrons. The Labute approximate surface area is 116 Å². The van der Waals surface area contributed by atoms with Gasteiger partial charge in [-0.25, -0.2) is 8.78 Å². The van der Waals surface area contributed by atoms with Crippen molar-refractivity contribution in [2.45, 2.75) is 18.2 Å². The molecule has 1 atom stereocenters. The van der Waals surface area contributed by atoms with E-state index in [0.29, 0.717) is 6.42 Å². The van der Waals surface area contributed by atoms with E-state index in [-0.39, 0.29) is 12.0 Å². The summed E-state index contributed by atoms with van der Waals surface area (Å²) in [5, 5.41) is 1.99. The van der Waals surface area contributed by atoms with Crippen molar-refractivity contribution in [3.8, 4) is 0 Å². The van der Waals surface area contributed by atoms with Gasteiger partial charge in [-0.2, -0.15) is 0 Å². The number of ether oxygens (including phenoxy) is 1. The summed E-state index contributed by atoms with van der Waals surface area (Å²) in [4.78, 5) is 0. The van der Waals surface area contributed by atoms with E-state index in [4.69, 9.17) is 16.3 Å². The molecule has 0 spiro atoms. The normalized spacial score (nSPS) is 13.1. The van der Waals surface area contributed by atoms with Gasteiger partial charge in [-0.3, -0.25) is 0 Å². The minimum Gasteiger partial charge on any atom is -0.375 e. The minimum atomic E-state index is -2.42. The third kappa shape index (κ3) is 3.88. The lowest BCUT2D eigenvalue weighted by atomic mass is 10.0. The van der Waals surface area contributed by atoms with Crippen LogP contribution in [0.4, 0.5) is 8.78 Å². The lowest BCUT2D eigenvalue weighted by molar-refractivity contribution is 0.0165. The summed E-state index contributed by atoms with van der Waals surface area (Å²) in [5.41, 5.74) is 1.01. The molecule has 0 aromatic heterocycles. The second kappa shape index (κ2) is 6.83. The van der Waals surface area contributed by atoms with Crippen LogP contribution in [0.25, 0.3) is 10.8 Å². The molecule has 0 bridgehead atoms. The van der Waals surface area contributed by atoms with Crippen molar-refractivity contribution in [2.24, 2.45) is 0 Å². The molecule has 0 aliphatic carbocycles. The van der Waals surface area contributed by atoms with Crippen LogP contribution in [-0.4, -0.2) is 19.6 Å². The molecule has 1 nitrogen and oxygen atoms in total.